The molecule has 0 bridgehead atoms. The summed E-state index contributed by atoms with van der Waals surface area (Å²) in [4.78, 5) is 0. The van der Waals surface area contributed by atoms with E-state index in [-0.39, 0.29) is 0 Å². The fourth-order valence-electron chi connectivity index (χ4n) is 6.31. The Labute approximate surface area is 250 Å². The van der Waals surface area contributed by atoms with Gasteiger partial charge in [0.25, 0.3) is 0 Å². The summed E-state index contributed by atoms with van der Waals surface area (Å²) in [6, 6.07) is 20.1. The maximum atomic E-state index is 4.63. The van der Waals surface area contributed by atoms with E-state index < -0.39 is 0 Å². The molecule has 2 aliphatic rings. The molecular formula is C41H50. The van der Waals surface area contributed by atoms with Crippen molar-refractivity contribution in [2.24, 2.45) is 11.8 Å². The monoisotopic (exact) mass is 542 g/mol. The van der Waals surface area contributed by atoms with Crippen LogP contribution in [0.25, 0.3) is 6.08 Å². The van der Waals surface area contributed by atoms with Crippen molar-refractivity contribution in [1.29, 1.82) is 0 Å². The van der Waals surface area contributed by atoms with Crippen LogP contribution in [0.5, 0.6) is 0 Å². The Balaban J connectivity index is 1.61. The Morgan fingerprint density at radius 2 is 1.73 bits per heavy atom. The van der Waals surface area contributed by atoms with Gasteiger partial charge in [0, 0.05) is 0 Å². The van der Waals surface area contributed by atoms with Crippen molar-refractivity contribution < 1.29 is 0 Å². The maximum absolute atomic E-state index is 4.63. The molecule has 0 fully saturated rings. The van der Waals surface area contributed by atoms with Crippen LogP contribution in [0.1, 0.15) is 89.3 Å². The molecule has 0 amide bonds. The first-order valence-electron chi connectivity index (χ1n) is 15.9. The minimum absolute atomic E-state index is 0.390. The highest BCUT2D eigenvalue weighted by Gasteiger charge is 2.26. The highest BCUT2D eigenvalue weighted by molar-refractivity contribution is 5.60. The normalized spacial score (nSPS) is 21.5. The molecule has 0 radical (unpaired) electrons. The van der Waals surface area contributed by atoms with E-state index in [0.717, 1.165) is 44.9 Å². The van der Waals surface area contributed by atoms with E-state index in [4.69, 9.17) is 0 Å². The lowest BCUT2D eigenvalue weighted by molar-refractivity contribution is 0.567. The number of hydrogen-bond acceptors (Lipinski definition) is 0. The van der Waals surface area contributed by atoms with E-state index in [1.165, 1.54) is 57.4 Å². The summed E-state index contributed by atoms with van der Waals surface area (Å²) in [6.07, 6.45) is 26.4. The van der Waals surface area contributed by atoms with Crippen molar-refractivity contribution in [1.82, 2.24) is 0 Å². The number of rotatable bonds is 11. The fraction of sp³-hybridized carbons (Fsp3) is 0.366. The van der Waals surface area contributed by atoms with Gasteiger partial charge in [-0.3, -0.25) is 0 Å². The first kappa shape index (κ1) is 30.6. The highest BCUT2D eigenvalue weighted by atomic mass is 14.3. The summed E-state index contributed by atoms with van der Waals surface area (Å²) >= 11 is 0. The van der Waals surface area contributed by atoms with E-state index in [1.807, 2.05) is 0 Å². The van der Waals surface area contributed by atoms with Gasteiger partial charge in [-0.15, -0.1) is 0 Å². The number of hydrogen-bond donors (Lipinski definition) is 0. The molecule has 0 nitrogen and oxygen atoms in total. The molecule has 2 aromatic rings. The molecule has 41 heavy (non-hydrogen) atoms. The molecule has 0 saturated carbocycles. The molecule has 0 heterocycles. The molecule has 0 heteroatoms. The van der Waals surface area contributed by atoms with Gasteiger partial charge >= 0.3 is 0 Å². The second-order valence-electron chi connectivity index (χ2n) is 12.0. The average Bonchev–Trinajstić information content (AvgIpc) is 3.13. The molecule has 0 aliphatic heterocycles. The zero-order chi connectivity index (χ0) is 29.0. The van der Waals surface area contributed by atoms with Gasteiger partial charge in [0.15, 0.2) is 0 Å². The Morgan fingerprint density at radius 1 is 0.976 bits per heavy atom. The van der Waals surface area contributed by atoms with Gasteiger partial charge in [0.1, 0.15) is 0 Å². The number of benzene rings is 2. The van der Waals surface area contributed by atoms with Gasteiger partial charge in [-0.2, -0.15) is 0 Å². The predicted octanol–water partition coefficient (Wildman–Crippen LogP) is 11.7. The van der Waals surface area contributed by atoms with Gasteiger partial charge < -0.3 is 0 Å². The van der Waals surface area contributed by atoms with Gasteiger partial charge in [-0.25, -0.2) is 0 Å². The minimum Gasteiger partial charge on any atom is -0.0952 e. The Morgan fingerprint density at radius 3 is 2.41 bits per heavy atom. The average molecular weight is 543 g/mol. The molecule has 0 saturated heterocycles. The van der Waals surface area contributed by atoms with Crippen LogP contribution in [-0.4, -0.2) is 0 Å². The first-order chi connectivity index (χ1) is 20.0. The van der Waals surface area contributed by atoms with E-state index in [1.54, 1.807) is 5.57 Å². The van der Waals surface area contributed by atoms with Crippen molar-refractivity contribution in [2.45, 2.75) is 85.5 Å². The zero-order valence-electron chi connectivity index (χ0n) is 26.0. The van der Waals surface area contributed by atoms with Crippen molar-refractivity contribution in [3.05, 3.63) is 148 Å². The lowest BCUT2D eigenvalue weighted by Gasteiger charge is -2.23. The van der Waals surface area contributed by atoms with Crippen LogP contribution < -0.4 is 0 Å². The molecule has 4 rings (SSSR count). The van der Waals surface area contributed by atoms with Crippen LogP contribution in [0.15, 0.2) is 131 Å². The highest BCUT2D eigenvalue weighted by Crippen LogP contribution is 2.42. The lowest BCUT2D eigenvalue weighted by atomic mass is 9.82. The smallest absolute Gasteiger partial charge is 0.00351 e. The van der Waals surface area contributed by atoms with Crippen LogP contribution in [-0.2, 0) is 12.8 Å². The second-order valence-corrected chi connectivity index (χ2v) is 12.0. The van der Waals surface area contributed by atoms with Crippen molar-refractivity contribution in [3.8, 4) is 0 Å². The van der Waals surface area contributed by atoms with Gasteiger partial charge in [-0.1, -0.05) is 142 Å². The van der Waals surface area contributed by atoms with Gasteiger partial charge in [-0.05, 0) is 109 Å². The molecule has 2 unspecified atom stereocenters. The van der Waals surface area contributed by atoms with Crippen LogP contribution in [0, 0.1) is 11.8 Å². The van der Waals surface area contributed by atoms with Crippen LogP contribution in [0.2, 0.25) is 0 Å². The molecule has 0 spiro atoms. The Kier molecular flexibility index (Phi) is 11.6. The largest absolute Gasteiger partial charge is 0.0952 e. The molecule has 0 aromatic heterocycles. The predicted molar refractivity (Wildman–Crippen MR) is 181 cm³/mol. The summed E-state index contributed by atoms with van der Waals surface area (Å²) in [5.41, 5.74) is 12.8. The minimum atomic E-state index is 0.390. The molecule has 2 atom stereocenters. The summed E-state index contributed by atoms with van der Waals surface area (Å²) in [6.45, 7) is 14.0. The summed E-state index contributed by atoms with van der Waals surface area (Å²) < 4.78 is 0. The van der Waals surface area contributed by atoms with Crippen LogP contribution in [0.4, 0.5) is 0 Å². The van der Waals surface area contributed by atoms with E-state index in [0.29, 0.717) is 11.8 Å². The van der Waals surface area contributed by atoms with Crippen LogP contribution >= 0.6 is 0 Å². The quantitative estimate of drug-likeness (QED) is 0.265. The standard InChI is InChI=1S/C41H50/c1-6-14-31(3)40-30-38(27-24-34-16-10-8-11-17-34)28-33(5)39(15-7-2)41(40)32(4)20-21-35-22-25-37(26-23-35)29-36-18-12-9-13-19-36/h8-12,15-18,22-27,30,33,38H,3,6-7,13-14,19-21,28-29H2,1-2,4-5H3/b27-24+,39-15+,41-32+. The third-order valence-corrected chi connectivity index (χ3v) is 8.56. The summed E-state index contributed by atoms with van der Waals surface area (Å²) in [5.74, 6) is 0.887. The molecule has 214 valence electrons. The van der Waals surface area contributed by atoms with Crippen molar-refractivity contribution in [3.63, 3.8) is 0 Å². The van der Waals surface area contributed by atoms with Crippen molar-refractivity contribution in [2.75, 3.05) is 0 Å². The Hall–Kier alpha value is -3.38. The molecular weight excluding hydrogens is 492 g/mol. The number of aryl methyl sites for hydroxylation is 1. The molecule has 2 aromatic carbocycles. The third-order valence-electron chi connectivity index (χ3n) is 8.56. The van der Waals surface area contributed by atoms with Crippen LogP contribution in [0.3, 0.4) is 0 Å². The molecule has 2 aliphatic carbocycles. The van der Waals surface area contributed by atoms with E-state index in [9.17, 15) is 0 Å². The van der Waals surface area contributed by atoms with Gasteiger partial charge in [0.2, 0.25) is 0 Å². The summed E-state index contributed by atoms with van der Waals surface area (Å²) in [7, 11) is 0. The van der Waals surface area contributed by atoms with E-state index >= 15 is 0 Å². The lowest BCUT2D eigenvalue weighted by Crippen LogP contribution is -2.07. The van der Waals surface area contributed by atoms with Gasteiger partial charge in [0.05, 0.1) is 0 Å². The first-order valence-corrected chi connectivity index (χ1v) is 15.9. The second kappa shape index (κ2) is 15.6. The van der Waals surface area contributed by atoms with E-state index in [2.05, 4.69) is 131 Å². The summed E-state index contributed by atoms with van der Waals surface area (Å²) in [5, 5.41) is 0. The maximum Gasteiger partial charge on any atom is -0.00351 e. The zero-order valence-corrected chi connectivity index (χ0v) is 26.0. The SMILES string of the molecule is C=C(CCC)C1=CC(/C=C/c2ccccc2)CC(C)C(=C\CC)/C1=C(/C)CCc1ccc(CC2=CC=CCC2)cc1. The fourth-order valence-corrected chi connectivity index (χ4v) is 6.31. The Bertz CT molecular complexity index is 1330. The molecule has 0 N–H and O–H groups in total. The van der Waals surface area contributed by atoms with Crippen molar-refractivity contribution >= 4 is 6.08 Å². The third kappa shape index (κ3) is 8.80. The topological polar surface area (TPSA) is 0 Å². The number of allylic oxidation sites excluding steroid dienone is 12.